The van der Waals surface area contributed by atoms with E-state index < -0.39 is 0 Å². The second-order valence-corrected chi connectivity index (χ2v) is 26.3. The molecule has 90 heavy (non-hydrogen) atoms. The van der Waals surface area contributed by atoms with Crippen LogP contribution in [0, 0.1) is 0 Å². The molecule has 0 saturated carbocycles. The van der Waals surface area contributed by atoms with Gasteiger partial charge >= 0.3 is 0 Å². The molecule has 0 spiro atoms. The highest BCUT2D eigenvalue weighted by molar-refractivity contribution is 6.19. The zero-order chi connectivity index (χ0) is 58.2. The summed E-state index contributed by atoms with van der Waals surface area (Å²) in [4.78, 5) is 0. The largest absolute Gasteiger partial charge is 0.0616 e. The first-order valence-electron chi connectivity index (χ1n) is 31.5. The maximum Gasteiger partial charge on any atom is -0.0171 e. The molecule has 0 N–H and O–H groups in total. The maximum atomic E-state index is 2.40. The fourth-order valence-corrected chi connectivity index (χ4v) is 16.2. The van der Waals surface area contributed by atoms with Crippen molar-refractivity contribution in [3.63, 3.8) is 0 Å². The Bertz CT molecular complexity index is 6340. The lowest BCUT2D eigenvalue weighted by atomic mass is 9.92. The fourth-order valence-electron chi connectivity index (χ4n) is 16.2. The molecule has 22 aromatic carbocycles. The molecule has 0 fully saturated rings. The van der Waals surface area contributed by atoms with E-state index in [4.69, 9.17) is 0 Å². The molecule has 0 heteroatoms. The Balaban J connectivity index is 0.604. The quantitative estimate of drug-likeness (QED) is 0.133. The molecule has 0 aliphatic rings. The van der Waals surface area contributed by atoms with Crippen LogP contribution in [0.5, 0.6) is 0 Å². The summed E-state index contributed by atoms with van der Waals surface area (Å²) in [6.45, 7) is 0. The van der Waals surface area contributed by atoms with E-state index in [9.17, 15) is 0 Å². The molecule has 0 aromatic heterocycles. The van der Waals surface area contributed by atoms with E-state index in [1.165, 1.54) is 226 Å². The molecular weight excluding hydrogens is 1080 g/mol. The Morgan fingerprint density at radius 3 is 0.189 bits per heavy atom. The van der Waals surface area contributed by atoms with Crippen LogP contribution in [0.2, 0.25) is 0 Å². The van der Waals surface area contributed by atoms with Gasteiger partial charge in [-0.15, -0.1) is 0 Å². The monoisotopic (exact) mass is 1130 g/mol. The highest BCUT2D eigenvalue weighted by atomic mass is 14.2. The van der Waals surface area contributed by atoms with Crippen molar-refractivity contribution in [1.29, 1.82) is 0 Å². The molecule has 0 radical (unpaired) electrons. The molecule has 22 rings (SSSR count). The highest BCUT2D eigenvalue weighted by Crippen LogP contribution is 2.41. The van der Waals surface area contributed by atoms with E-state index >= 15 is 0 Å². The van der Waals surface area contributed by atoms with Crippen LogP contribution >= 0.6 is 0 Å². The van der Waals surface area contributed by atoms with Crippen LogP contribution < -0.4 is 0 Å². The van der Waals surface area contributed by atoms with Gasteiger partial charge in [-0.25, -0.2) is 0 Å². The molecule has 0 heterocycles. The Morgan fingerprint density at radius 1 is 0.0667 bits per heavy atom. The van der Waals surface area contributed by atoms with Gasteiger partial charge in [0.05, 0.1) is 0 Å². The molecular formula is C90H48. The lowest BCUT2D eigenvalue weighted by molar-refractivity contribution is 1.79. The molecule has 408 valence electrons. The molecule has 0 atom stereocenters. The highest BCUT2D eigenvalue weighted by Gasteiger charge is 2.14. The van der Waals surface area contributed by atoms with Gasteiger partial charge in [0.15, 0.2) is 0 Å². The number of rotatable bonds is 0. The van der Waals surface area contributed by atoms with Gasteiger partial charge in [-0.1, -0.05) is 48.5 Å². The van der Waals surface area contributed by atoms with Gasteiger partial charge in [0.25, 0.3) is 0 Å². The Morgan fingerprint density at radius 2 is 0.122 bits per heavy atom. The molecule has 0 aliphatic carbocycles. The van der Waals surface area contributed by atoms with Gasteiger partial charge in [0.2, 0.25) is 0 Å². The number of hydrogen-bond acceptors (Lipinski definition) is 0. The van der Waals surface area contributed by atoms with Crippen molar-refractivity contribution in [2.45, 2.75) is 0 Å². The van der Waals surface area contributed by atoms with Crippen molar-refractivity contribution in [1.82, 2.24) is 0 Å². The molecule has 22 aromatic rings. The Labute approximate surface area is 514 Å². The van der Waals surface area contributed by atoms with Crippen LogP contribution in [-0.4, -0.2) is 0 Å². The van der Waals surface area contributed by atoms with E-state index in [2.05, 4.69) is 291 Å². The summed E-state index contributed by atoms with van der Waals surface area (Å²) in [6, 6.07) is 113. The fraction of sp³-hybridized carbons (Fsp3) is 0. The average Bonchev–Trinajstić information content (AvgIpc) is 0.910. The van der Waals surface area contributed by atoms with Crippen LogP contribution in [0.15, 0.2) is 291 Å². The van der Waals surface area contributed by atoms with E-state index in [0.29, 0.717) is 0 Å². The second kappa shape index (κ2) is 17.1. The van der Waals surface area contributed by atoms with E-state index in [0.717, 1.165) is 0 Å². The average molecular weight is 1130 g/mol. The first-order valence-corrected chi connectivity index (χ1v) is 31.5. The minimum atomic E-state index is 1.26. The predicted octanol–water partition coefficient (Wildman–Crippen LogP) is 25.9. The van der Waals surface area contributed by atoms with Crippen LogP contribution in [-0.2, 0) is 0 Å². The third-order valence-electron chi connectivity index (χ3n) is 20.8. The summed E-state index contributed by atoms with van der Waals surface area (Å²) in [7, 11) is 0. The summed E-state index contributed by atoms with van der Waals surface area (Å²) < 4.78 is 0. The molecule has 0 unspecified atom stereocenters. The van der Waals surface area contributed by atoms with Crippen molar-refractivity contribution in [2.24, 2.45) is 0 Å². The molecule has 0 aliphatic heterocycles. The molecule has 0 nitrogen and oxygen atoms in total. The van der Waals surface area contributed by atoms with Crippen LogP contribution in [0.25, 0.3) is 226 Å². The first kappa shape index (κ1) is 47.4. The lowest BCUT2D eigenvalue weighted by Gasteiger charge is -2.11. The van der Waals surface area contributed by atoms with Crippen molar-refractivity contribution < 1.29 is 0 Å². The van der Waals surface area contributed by atoms with Crippen LogP contribution in [0.4, 0.5) is 0 Å². The van der Waals surface area contributed by atoms with E-state index in [-0.39, 0.29) is 0 Å². The summed E-state index contributed by atoms with van der Waals surface area (Å²) in [5, 5.41) is 53.3. The van der Waals surface area contributed by atoms with Crippen molar-refractivity contribution >= 4 is 226 Å². The number of hydrogen-bond donors (Lipinski definition) is 0. The van der Waals surface area contributed by atoms with Gasteiger partial charge in [-0.3, -0.25) is 0 Å². The second-order valence-electron chi connectivity index (χ2n) is 26.3. The summed E-state index contributed by atoms with van der Waals surface area (Å²) in [6.07, 6.45) is 0. The number of fused-ring (bicyclic) bond motifs is 21. The van der Waals surface area contributed by atoms with Gasteiger partial charge in [0, 0.05) is 0 Å². The Kier molecular flexibility index (Phi) is 9.01. The van der Waals surface area contributed by atoms with Gasteiger partial charge < -0.3 is 0 Å². The first-order chi connectivity index (χ1) is 44.3. The SMILES string of the molecule is c1ccc2cc3cc4cc5cc6cc7cc8cc9cc%10cc%11cc%12cc%13cc%14cc%15cc%16cc%17cc%18cc%19cc%20cc%21cc%22ccccc%22cc%21cc%20cc%19cc%18cc%17cc%16cc%15cc%14cc%13cc%12cc%11cc%10cc9cc8cc7cc6cc5cc4cc3cc2c1. The van der Waals surface area contributed by atoms with E-state index in [1.807, 2.05) is 0 Å². The van der Waals surface area contributed by atoms with Crippen LogP contribution in [0.3, 0.4) is 0 Å². The van der Waals surface area contributed by atoms with Gasteiger partial charge in [0.1, 0.15) is 0 Å². The normalized spacial score (nSPS) is 12.7. The van der Waals surface area contributed by atoms with Crippen LogP contribution in [0.1, 0.15) is 0 Å². The van der Waals surface area contributed by atoms with Crippen molar-refractivity contribution in [2.75, 3.05) is 0 Å². The predicted molar refractivity (Wildman–Crippen MR) is 394 cm³/mol. The zero-order valence-electron chi connectivity index (χ0n) is 48.7. The number of benzene rings is 22. The lowest BCUT2D eigenvalue weighted by Crippen LogP contribution is -1.84. The third kappa shape index (κ3) is 7.13. The topological polar surface area (TPSA) is 0 Å². The smallest absolute Gasteiger partial charge is 0.0171 e. The Hall–Kier alpha value is -11.7. The summed E-state index contributed by atoms with van der Waals surface area (Å²) in [5.41, 5.74) is 0. The maximum absolute atomic E-state index is 2.40. The minimum Gasteiger partial charge on any atom is -0.0616 e. The standard InChI is InChI=1S/C90H48/c1-2-6-50-10-54-14-58-18-62-22-66-26-70-30-74-34-78-38-82-42-86-46-90-48-88-44-84-40-80-36-76-32-72-28-68-24-64-20-60-16-56-12-52-8-4-3-7-51(52)11-55(56)15-59(60)19-63(64)23-67(68)27-71(72)31-75(76)35-79(80)39-83(84)43-87(88)47-89(90)45-85(86)41-81(82)37-77(78)33-73(74)29-69(70)25-65(66)21-61(62)17-57(58)13-53(54)9-49(50)5-1/h1-48H. The molecule has 0 amide bonds. The third-order valence-corrected chi connectivity index (χ3v) is 20.8. The molecule has 0 saturated heterocycles. The van der Waals surface area contributed by atoms with Crippen molar-refractivity contribution in [3.8, 4) is 0 Å². The van der Waals surface area contributed by atoms with Gasteiger partial charge in [-0.2, -0.15) is 0 Å². The minimum absolute atomic E-state index is 1.26. The molecule has 0 bridgehead atoms. The zero-order valence-corrected chi connectivity index (χ0v) is 48.7. The summed E-state index contributed by atoms with van der Waals surface area (Å²) in [5.74, 6) is 0. The summed E-state index contributed by atoms with van der Waals surface area (Å²) >= 11 is 0. The van der Waals surface area contributed by atoms with Crippen molar-refractivity contribution in [3.05, 3.63) is 291 Å². The van der Waals surface area contributed by atoms with Gasteiger partial charge in [-0.05, 0) is 469 Å². The van der Waals surface area contributed by atoms with E-state index in [1.54, 1.807) is 0 Å².